The smallest absolute Gasteiger partial charge is 0.193 e. The van der Waals surface area contributed by atoms with E-state index in [0.29, 0.717) is 21.9 Å². The van der Waals surface area contributed by atoms with Gasteiger partial charge in [0.25, 0.3) is 0 Å². The summed E-state index contributed by atoms with van der Waals surface area (Å²) in [6.45, 7) is 0. The Kier molecular flexibility index (Phi) is 4.04. The van der Waals surface area contributed by atoms with Crippen LogP contribution in [0.5, 0.6) is 5.75 Å². The Balaban J connectivity index is 2.37. The van der Waals surface area contributed by atoms with E-state index in [4.69, 9.17) is 16.3 Å². The van der Waals surface area contributed by atoms with Crippen molar-refractivity contribution in [2.24, 2.45) is 0 Å². The van der Waals surface area contributed by atoms with Gasteiger partial charge < -0.3 is 4.74 Å². The van der Waals surface area contributed by atoms with Crippen LogP contribution in [0.1, 0.15) is 15.9 Å². The minimum Gasteiger partial charge on any atom is -0.495 e. The predicted octanol–water partition coefficient (Wildman–Crippen LogP) is 4.34. The molecule has 0 fully saturated rings. The summed E-state index contributed by atoms with van der Waals surface area (Å²) in [6, 6.07) is 12.2. The van der Waals surface area contributed by atoms with Gasteiger partial charge in [-0.1, -0.05) is 27.5 Å². The molecule has 18 heavy (non-hydrogen) atoms. The zero-order valence-corrected chi connectivity index (χ0v) is 12.0. The van der Waals surface area contributed by atoms with Crippen LogP contribution in [0.2, 0.25) is 5.02 Å². The molecule has 0 saturated carbocycles. The van der Waals surface area contributed by atoms with E-state index in [0.717, 1.165) is 4.47 Å². The van der Waals surface area contributed by atoms with E-state index in [9.17, 15) is 4.79 Å². The zero-order valence-electron chi connectivity index (χ0n) is 9.61. The van der Waals surface area contributed by atoms with Gasteiger partial charge in [-0.25, -0.2) is 0 Å². The highest BCUT2D eigenvalue weighted by molar-refractivity contribution is 9.10. The third kappa shape index (κ3) is 2.74. The Hall–Kier alpha value is -1.32. The van der Waals surface area contributed by atoms with Gasteiger partial charge in [-0.05, 0) is 42.5 Å². The molecular formula is C14H10BrClO2. The number of rotatable bonds is 3. The molecule has 2 rings (SSSR count). The Morgan fingerprint density at radius 3 is 2.33 bits per heavy atom. The highest BCUT2D eigenvalue weighted by Crippen LogP contribution is 2.26. The van der Waals surface area contributed by atoms with E-state index >= 15 is 0 Å². The van der Waals surface area contributed by atoms with Gasteiger partial charge in [0, 0.05) is 15.6 Å². The summed E-state index contributed by atoms with van der Waals surface area (Å²) in [5.41, 5.74) is 1.18. The van der Waals surface area contributed by atoms with Crippen LogP contribution >= 0.6 is 27.5 Å². The van der Waals surface area contributed by atoms with Crippen LogP contribution in [0.15, 0.2) is 46.9 Å². The summed E-state index contributed by atoms with van der Waals surface area (Å²) in [7, 11) is 1.52. The molecule has 0 amide bonds. The monoisotopic (exact) mass is 324 g/mol. The van der Waals surface area contributed by atoms with Gasteiger partial charge in [0.15, 0.2) is 5.78 Å². The van der Waals surface area contributed by atoms with Crippen molar-refractivity contribution in [3.8, 4) is 5.75 Å². The van der Waals surface area contributed by atoms with Gasteiger partial charge >= 0.3 is 0 Å². The first-order valence-electron chi connectivity index (χ1n) is 5.25. The van der Waals surface area contributed by atoms with Gasteiger partial charge in [0.05, 0.1) is 12.1 Å². The first kappa shape index (κ1) is 13.1. The number of hydrogen-bond donors (Lipinski definition) is 0. The fraction of sp³-hybridized carbons (Fsp3) is 0.0714. The molecule has 2 aromatic rings. The molecule has 0 atom stereocenters. The molecular weight excluding hydrogens is 316 g/mol. The van der Waals surface area contributed by atoms with Crippen LogP contribution in [-0.4, -0.2) is 12.9 Å². The summed E-state index contributed by atoms with van der Waals surface area (Å²) >= 11 is 9.26. The van der Waals surface area contributed by atoms with Crippen LogP contribution < -0.4 is 4.74 Å². The standard InChI is InChI=1S/C14H10BrClO2/c1-18-13-8-10(4-7-12(13)16)14(17)9-2-5-11(15)6-3-9/h2-8H,1H3. The van der Waals surface area contributed by atoms with Crippen LogP contribution in [0.4, 0.5) is 0 Å². The third-order valence-electron chi connectivity index (χ3n) is 2.52. The van der Waals surface area contributed by atoms with E-state index in [-0.39, 0.29) is 5.78 Å². The highest BCUT2D eigenvalue weighted by atomic mass is 79.9. The van der Waals surface area contributed by atoms with Crippen molar-refractivity contribution in [1.82, 2.24) is 0 Å². The lowest BCUT2D eigenvalue weighted by Gasteiger charge is -2.06. The molecule has 0 saturated heterocycles. The molecule has 2 nitrogen and oxygen atoms in total. The summed E-state index contributed by atoms with van der Waals surface area (Å²) in [5.74, 6) is 0.442. The maximum Gasteiger partial charge on any atom is 0.193 e. The molecule has 0 aliphatic carbocycles. The number of carbonyl (C=O) groups excluding carboxylic acids is 1. The predicted molar refractivity (Wildman–Crippen MR) is 75.6 cm³/mol. The number of halogens is 2. The van der Waals surface area contributed by atoms with E-state index in [1.54, 1.807) is 30.3 Å². The second-order valence-corrected chi connectivity index (χ2v) is 5.01. The SMILES string of the molecule is COc1cc(C(=O)c2ccc(Br)cc2)ccc1Cl. The fourth-order valence-electron chi connectivity index (χ4n) is 1.57. The molecule has 4 heteroatoms. The van der Waals surface area contributed by atoms with Gasteiger partial charge in [-0.2, -0.15) is 0 Å². The summed E-state index contributed by atoms with van der Waals surface area (Å²) in [4.78, 5) is 12.2. The first-order chi connectivity index (χ1) is 8.61. The molecule has 0 aliphatic rings. The maximum absolute atomic E-state index is 12.2. The van der Waals surface area contributed by atoms with Gasteiger partial charge in [0.1, 0.15) is 5.75 Å². The average Bonchev–Trinajstić information content (AvgIpc) is 2.39. The maximum atomic E-state index is 12.2. The highest BCUT2D eigenvalue weighted by Gasteiger charge is 2.11. The summed E-state index contributed by atoms with van der Waals surface area (Å²) < 4.78 is 6.04. The number of ketones is 1. The average molecular weight is 326 g/mol. The lowest BCUT2D eigenvalue weighted by atomic mass is 10.0. The number of benzene rings is 2. The Morgan fingerprint density at radius 2 is 1.72 bits per heavy atom. The number of hydrogen-bond acceptors (Lipinski definition) is 2. The van der Waals surface area contributed by atoms with Crippen molar-refractivity contribution >= 4 is 33.3 Å². The van der Waals surface area contributed by atoms with Crippen molar-refractivity contribution in [3.05, 3.63) is 63.1 Å². The van der Waals surface area contributed by atoms with E-state index in [2.05, 4.69) is 15.9 Å². The molecule has 0 aliphatic heterocycles. The summed E-state index contributed by atoms with van der Waals surface area (Å²) in [6.07, 6.45) is 0. The Bertz CT molecular complexity index is 579. The van der Waals surface area contributed by atoms with Crippen molar-refractivity contribution in [2.45, 2.75) is 0 Å². The molecule has 0 bridgehead atoms. The molecule has 0 N–H and O–H groups in total. The second-order valence-electron chi connectivity index (χ2n) is 3.69. The Labute approximate surface area is 119 Å². The van der Waals surface area contributed by atoms with E-state index in [1.165, 1.54) is 7.11 Å². The van der Waals surface area contributed by atoms with Crippen molar-refractivity contribution in [3.63, 3.8) is 0 Å². The Morgan fingerprint density at radius 1 is 1.11 bits per heavy atom. The van der Waals surface area contributed by atoms with Gasteiger partial charge in [0.2, 0.25) is 0 Å². The molecule has 92 valence electrons. The van der Waals surface area contributed by atoms with Crippen molar-refractivity contribution in [2.75, 3.05) is 7.11 Å². The third-order valence-corrected chi connectivity index (χ3v) is 3.36. The van der Waals surface area contributed by atoms with E-state index in [1.807, 2.05) is 12.1 Å². The molecule has 0 heterocycles. The molecule has 2 aromatic carbocycles. The molecule has 0 spiro atoms. The fourth-order valence-corrected chi connectivity index (χ4v) is 2.03. The minimum atomic E-state index is -0.0579. The van der Waals surface area contributed by atoms with Crippen LogP contribution in [0, 0.1) is 0 Å². The van der Waals surface area contributed by atoms with Crippen molar-refractivity contribution < 1.29 is 9.53 Å². The first-order valence-corrected chi connectivity index (χ1v) is 6.42. The van der Waals surface area contributed by atoms with Gasteiger partial charge in [-0.15, -0.1) is 0 Å². The van der Waals surface area contributed by atoms with Gasteiger partial charge in [-0.3, -0.25) is 4.79 Å². The van der Waals surface area contributed by atoms with Crippen LogP contribution in [0.25, 0.3) is 0 Å². The van der Waals surface area contributed by atoms with Crippen LogP contribution in [0.3, 0.4) is 0 Å². The molecule has 0 radical (unpaired) electrons. The number of methoxy groups -OCH3 is 1. The number of ether oxygens (including phenoxy) is 1. The quantitative estimate of drug-likeness (QED) is 0.785. The topological polar surface area (TPSA) is 26.3 Å². The summed E-state index contributed by atoms with van der Waals surface area (Å²) in [5, 5.41) is 0.491. The van der Waals surface area contributed by atoms with Crippen molar-refractivity contribution in [1.29, 1.82) is 0 Å². The largest absolute Gasteiger partial charge is 0.495 e. The zero-order chi connectivity index (χ0) is 13.1. The lowest BCUT2D eigenvalue weighted by molar-refractivity contribution is 0.103. The lowest BCUT2D eigenvalue weighted by Crippen LogP contribution is -2.01. The normalized spacial score (nSPS) is 10.2. The molecule has 0 unspecified atom stereocenters. The second kappa shape index (κ2) is 5.55. The minimum absolute atomic E-state index is 0.0579. The van der Waals surface area contributed by atoms with Crippen LogP contribution in [-0.2, 0) is 0 Å². The van der Waals surface area contributed by atoms with E-state index < -0.39 is 0 Å². The number of carbonyl (C=O) groups is 1. The molecule has 0 aromatic heterocycles.